The Hall–Kier alpha value is -3.02. The fraction of sp³-hybridized carbons (Fsp3) is 0.417. The van der Waals surface area contributed by atoms with Crippen LogP contribution in [0, 0.1) is 5.92 Å². The molecule has 0 bridgehead atoms. The zero-order valence-electron chi connectivity index (χ0n) is 18.1. The number of fused-ring (bicyclic) bond motifs is 1. The van der Waals surface area contributed by atoms with Crippen LogP contribution >= 0.6 is 0 Å². The van der Waals surface area contributed by atoms with Crippen molar-refractivity contribution in [2.75, 3.05) is 19.8 Å². The molecular formula is C24H31N3O3. The van der Waals surface area contributed by atoms with E-state index in [1.54, 1.807) is 0 Å². The number of benzene rings is 2. The molecule has 0 saturated carbocycles. The van der Waals surface area contributed by atoms with Crippen LogP contribution in [0.15, 0.2) is 48.5 Å². The van der Waals surface area contributed by atoms with Crippen LogP contribution in [-0.2, 0) is 17.8 Å². The number of nitrogens with zero attached hydrogens (tertiary/aromatic N) is 2. The molecule has 6 heteroatoms. The monoisotopic (exact) mass is 409 g/mol. The molecule has 3 rings (SSSR count). The number of aryl methyl sites for hydroxylation is 1. The van der Waals surface area contributed by atoms with E-state index >= 15 is 0 Å². The van der Waals surface area contributed by atoms with Gasteiger partial charge in [-0.25, -0.2) is 4.98 Å². The molecule has 0 saturated heterocycles. The van der Waals surface area contributed by atoms with Gasteiger partial charge >= 0.3 is 0 Å². The van der Waals surface area contributed by atoms with Crippen molar-refractivity contribution in [1.82, 2.24) is 14.9 Å². The molecule has 3 aromatic rings. The molecule has 2 aromatic carbocycles. The standard InChI is InChI=1S/C24H31N3O3/c1-4-29-21-12-7-8-13-22(21)30-17-16-27-20-11-6-5-10-19(20)26-23(27)14-9-15-25-24(28)18(2)3/h5-8,10-13,18H,4,9,14-17H2,1-3H3,(H,25,28). The van der Waals surface area contributed by atoms with Crippen LogP contribution < -0.4 is 14.8 Å². The van der Waals surface area contributed by atoms with Gasteiger partial charge in [0.2, 0.25) is 5.91 Å². The smallest absolute Gasteiger partial charge is 0.222 e. The van der Waals surface area contributed by atoms with Crippen molar-refractivity contribution in [3.05, 3.63) is 54.4 Å². The number of hydrogen-bond acceptors (Lipinski definition) is 4. The van der Waals surface area contributed by atoms with Gasteiger partial charge in [0.1, 0.15) is 12.4 Å². The van der Waals surface area contributed by atoms with Gasteiger partial charge < -0.3 is 19.4 Å². The van der Waals surface area contributed by atoms with Crippen LogP contribution in [0.2, 0.25) is 0 Å². The summed E-state index contributed by atoms with van der Waals surface area (Å²) in [6.45, 7) is 8.22. The fourth-order valence-corrected chi connectivity index (χ4v) is 3.32. The number of ether oxygens (including phenoxy) is 2. The van der Waals surface area contributed by atoms with Crippen molar-refractivity contribution in [1.29, 1.82) is 0 Å². The number of imidazole rings is 1. The second kappa shape index (κ2) is 10.7. The van der Waals surface area contributed by atoms with Crippen molar-refractivity contribution in [2.24, 2.45) is 5.92 Å². The van der Waals surface area contributed by atoms with E-state index in [-0.39, 0.29) is 11.8 Å². The Morgan fingerprint density at radius 3 is 2.50 bits per heavy atom. The van der Waals surface area contributed by atoms with Gasteiger partial charge in [-0.2, -0.15) is 0 Å². The summed E-state index contributed by atoms with van der Waals surface area (Å²) in [7, 11) is 0. The number of amides is 1. The summed E-state index contributed by atoms with van der Waals surface area (Å²) in [4.78, 5) is 16.6. The average Bonchev–Trinajstić information content (AvgIpc) is 3.10. The Kier molecular flexibility index (Phi) is 7.71. The molecule has 1 aromatic heterocycles. The summed E-state index contributed by atoms with van der Waals surface area (Å²) >= 11 is 0. The van der Waals surface area contributed by atoms with E-state index in [4.69, 9.17) is 14.5 Å². The summed E-state index contributed by atoms with van der Waals surface area (Å²) in [6, 6.07) is 15.9. The third kappa shape index (κ3) is 5.53. The third-order valence-electron chi connectivity index (χ3n) is 4.86. The first-order chi connectivity index (χ1) is 14.6. The summed E-state index contributed by atoms with van der Waals surface area (Å²) in [6.07, 6.45) is 1.64. The zero-order valence-corrected chi connectivity index (χ0v) is 18.1. The fourth-order valence-electron chi connectivity index (χ4n) is 3.32. The number of nitrogens with one attached hydrogen (secondary N) is 1. The Morgan fingerprint density at radius 1 is 1.07 bits per heavy atom. The molecule has 0 aliphatic carbocycles. The molecule has 1 N–H and O–H groups in total. The van der Waals surface area contributed by atoms with E-state index in [1.165, 1.54) is 0 Å². The maximum Gasteiger partial charge on any atom is 0.222 e. The van der Waals surface area contributed by atoms with E-state index in [2.05, 4.69) is 16.0 Å². The molecule has 1 amide bonds. The lowest BCUT2D eigenvalue weighted by atomic mass is 10.2. The van der Waals surface area contributed by atoms with Crippen molar-refractivity contribution < 1.29 is 14.3 Å². The second-order valence-corrected chi connectivity index (χ2v) is 7.45. The summed E-state index contributed by atoms with van der Waals surface area (Å²) in [5.41, 5.74) is 2.08. The number of rotatable bonds is 11. The van der Waals surface area contributed by atoms with Crippen molar-refractivity contribution >= 4 is 16.9 Å². The lowest BCUT2D eigenvalue weighted by Gasteiger charge is -2.14. The van der Waals surface area contributed by atoms with Crippen LogP contribution in [0.4, 0.5) is 0 Å². The molecule has 0 unspecified atom stereocenters. The molecule has 6 nitrogen and oxygen atoms in total. The highest BCUT2D eigenvalue weighted by atomic mass is 16.5. The van der Waals surface area contributed by atoms with Gasteiger partial charge in [0, 0.05) is 18.9 Å². The van der Waals surface area contributed by atoms with E-state index in [9.17, 15) is 4.79 Å². The highest BCUT2D eigenvalue weighted by molar-refractivity contribution is 5.77. The van der Waals surface area contributed by atoms with E-state index in [0.29, 0.717) is 26.3 Å². The summed E-state index contributed by atoms with van der Waals surface area (Å²) in [5, 5.41) is 2.97. The average molecular weight is 410 g/mol. The predicted molar refractivity (Wildman–Crippen MR) is 119 cm³/mol. The quantitative estimate of drug-likeness (QED) is 0.482. The third-order valence-corrected chi connectivity index (χ3v) is 4.86. The Balaban J connectivity index is 1.65. The van der Waals surface area contributed by atoms with Crippen LogP contribution in [-0.4, -0.2) is 35.2 Å². The van der Waals surface area contributed by atoms with Gasteiger partial charge in [-0.05, 0) is 37.6 Å². The van der Waals surface area contributed by atoms with Gasteiger partial charge in [-0.15, -0.1) is 0 Å². The van der Waals surface area contributed by atoms with E-state index in [0.717, 1.165) is 41.2 Å². The Bertz CT molecular complexity index is 965. The molecule has 0 radical (unpaired) electrons. The normalized spacial score (nSPS) is 11.1. The predicted octanol–water partition coefficient (Wildman–Crippen LogP) is 4.22. The number of carbonyl (C=O) groups excluding carboxylic acids is 1. The van der Waals surface area contributed by atoms with E-state index in [1.807, 2.05) is 63.2 Å². The van der Waals surface area contributed by atoms with Crippen LogP contribution in [0.1, 0.15) is 33.0 Å². The maximum absolute atomic E-state index is 11.8. The lowest BCUT2D eigenvalue weighted by Crippen LogP contribution is -2.28. The number of para-hydroxylation sites is 4. The molecule has 0 aliphatic rings. The molecule has 0 fully saturated rings. The zero-order chi connectivity index (χ0) is 21.3. The molecule has 0 spiro atoms. The van der Waals surface area contributed by atoms with Crippen molar-refractivity contribution in [3.8, 4) is 11.5 Å². The van der Waals surface area contributed by atoms with Gasteiger partial charge in [0.25, 0.3) is 0 Å². The minimum absolute atomic E-state index is 0.00582. The summed E-state index contributed by atoms with van der Waals surface area (Å²) < 4.78 is 13.9. The Morgan fingerprint density at radius 2 is 1.77 bits per heavy atom. The maximum atomic E-state index is 11.8. The number of carbonyl (C=O) groups is 1. The molecule has 0 atom stereocenters. The van der Waals surface area contributed by atoms with E-state index < -0.39 is 0 Å². The lowest BCUT2D eigenvalue weighted by molar-refractivity contribution is -0.123. The van der Waals surface area contributed by atoms with Gasteiger partial charge in [-0.1, -0.05) is 38.1 Å². The van der Waals surface area contributed by atoms with Gasteiger partial charge in [0.15, 0.2) is 11.5 Å². The van der Waals surface area contributed by atoms with Gasteiger partial charge in [0.05, 0.1) is 24.2 Å². The van der Waals surface area contributed by atoms with Gasteiger partial charge in [-0.3, -0.25) is 4.79 Å². The van der Waals surface area contributed by atoms with Crippen LogP contribution in [0.25, 0.3) is 11.0 Å². The van der Waals surface area contributed by atoms with Crippen LogP contribution in [0.3, 0.4) is 0 Å². The molecule has 160 valence electrons. The minimum Gasteiger partial charge on any atom is -0.490 e. The van der Waals surface area contributed by atoms with Crippen LogP contribution in [0.5, 0.6) is 11.5 Å². The first kappa shape index (κ1) is 21.7. The topological polar surface area (TPSA) is 65.4 Å². The highest BCUT2D eigenvalue weighted by Gasteiger charge is 2.12. The van der Waals surface area contributed by atoms with Crippen molar-refractivity contribution in [3.63, 3.8) is 0 Å². The number of aromatic nitrogens is 2. The summed E-state index contributed by atoms with van der Waals surface area (Å²) in [5.74, 6) is 2.62. The molecular weight excluding hydrogens is 378 g/mol. The highest BCUT2D eigenvalue weighted by Crippen LogP contribution is 2.26. The second-order valence-electron chi connectivity index (χ2n) is 7.45. The molecule has 0 aliphatic heterocycles. The minimum atomic E-state index is 0.00582. The molecule has 30 heavy (non-hydrogen) atoms. The molecule has 1 heterocycles. The SMILES string of the molecule is CCOc1ccccc1OCCn1c(CCCNC(=O)C(C)C)nc2ccccc21. The van der Waals surface area contributed by atoms with Crippen molar-refractivity contribution in [2.45, 2.75) is 40.2 Å². The Labute approximate surface area is 178 Å². The first-order valence-electron chi connectivity index (χ1n) is 10.7. The largest absolute Gasteiger partial charge is 0.490 e. The number of hydrogen-bond donors (Lipinski definition) is 1. The first-order valence-corrected chi connectivity index (χ1v) is 10.7.